The highest BCUT2D eigenvalue weighted by Crippen LogP contribution is 2.18. The first-order valence-corrected chi connectivity index (χ1v) is 7.14. The van der Waals surface area contributed by atoms with Crippen LogP contribution in [0.4, 0.5) is 0 Å². The van der Waals surface area contributed by atoms with Crippen LogP contribution >= 0.6 is 12.2 Å². The van der Waals surface area contributed by atoms with E-state index >= 15 is 0 Å². The zero-order valence-corrected chi connectivity index (χ0v) is 12.7. The predicted octanol–water partition coefficient (Wildman–Crippen LogP) is 1.97. The fourth-order valence-corrected chi connectivity index (χ4v) is 2.89. The Balaban J connectivity index is 1.99. The Morgan fingerprint density at radius 2 is 2.10 bits per heavy atom. The fourth-order valence-electron chi connectivity index (χ4n) is 2.61. The van der Waals surface area contributed by atoms with Gasteiger partial charge in [0.05, 0.1) is 5.69 Å². The van der Waals surface area contributed by atoms with E-state index in [0.717, 1.165) is 41.0 Å². The summed E-state index contributed by atoms with van der Waals surface area (Å²) in [7, 11) is 3.92. The highest BCUT2D eigenvalue weighted by Gasteiger charge is 2.14. The van der Waals surface area contributed by atoms with Gasteiger partial charge in [0.15, 0.2) is 10.4 Å². The number of H-pyrrole nitrogens is 1. The van der Waals surface area contributed by atoms with Crippen LogP contribution in [0.1, 0.15) is 18.3 Å². The number of nitrogens with one attached hydrogen (secondary N) is 1. The van der Waals surface area contributed by atoms with Gasteiger partial charge in [-0.3, -0.25) is 9.36 Å². The summed E-state index contributed by atoms with van der Waals surface area (Å²) in [5.41, 5.74) is 4.38. The molecular weight excluding hydrogens is 272 g/mol. The van der Waals surface area contributed by atoms with E-state index in [-0.39, 0.29) is 0 Å². The van der Waals surface area contributed by atoms with Gasteiger partial charge in [-0.05, 0) is 24.7 Å². The molecule has 7 heteroatoms. The molecule has 0 aliphatic carbocycles. The maximum absolute atomic E-state index is 5.45. The van der Waals surface area contributed by atoms with E-state index in [4.69, 9.17) is 12.2 Å². The molecule has 3 aromatic heterocycles. The lowest BCUT2D eigenvalue weighted by molar-refractivity contribution is 0.625. The van der Waals surface area contributed by atoms with E-state index in [2.05, 4.69) is 26.7 Å². The molecular formula is C13H18N6S. The van der Waals surface area contributed by atoms with Crippen LogP contribution < -0.4 is 0 Å². The maximum Gasteiger partial charge on any atom is 0.179 e. The highest BCUT2D eigenvalue weighted by molar-refractivity contribution is 7.71. The van der Waals surface area contributed by atoms with Gasteiger partial charge in [-0.15, -0.1) is 0 Å². The van der Waals surface area contributed by atoms with Crippen molar-refractivity contribution < 1.29 is 0 Å². The quantitative estimate of drug-likeness (QED) is 0.747. The lowest BCUT2D eigenvalue weighted by atomic mass is 10.3. The molecule has 0 aliphatic rings. The van der Waals surface area contributed by atoms with E-state index in [1.54, 1.807) is 0 Å². The molecule has 0 aliphatic heterocycles. The van der Waals surface area contributed by atoms with Crippen molar-refractivity contribution in [2.24, 2.45) is 14.1 Å². The Hall–Kier alpha value is -1.89. The average molecular weight is 290 g/mol. The summed E-state index contributed by atoms with van der Waals surface area (Å²) >= 11 is 5.45. The van der Waals surface area contributed by atoms with Crippen molar-refractivity contribution in [2.75, 3.05) is 0 Å². The average Bonchev–Trinajstić information content (AvgIpc) is 3.05. The zero-order chi connectivity index (χ0) is 14.3. The number of rotatable bonds is 4. The molecule has 20 heavy (non-hydrogen) atoms. The van der Waals surface area contributed by atoms with Gasteiger partial charge < -0.3 is 9.55 Å². The van der Waals surface area contributed by atoms with E-state index in [9.17, 15) is 0 Å². The third kappa shape index (κ3) is 1.98. The number of aryl methyl sites for hydroxylation is 5. The van der Waals surface area contributed by atoms with Gasteiger partial charge in [-0.25, -0.2) is 0 Å². The summed E-state index contributed by atoms with van der Waals surface area (Å²) in [6, 6.07) is 2.04. The Labute approximate surface area is 122 Å². The van der Waals surface area contributed by atoms with Crippen molar-refractivity contribution in [1.29, 1.82) is 0 Å². The van der Waals surface area contributed by atoms with Gasteiger partial charge in [0.1, 0.15) is 5.52 Å². The number of hydrogen-bond acceptors (Lipinski definition) is 3. The number of hydrogen-bond donors (Lipinski definition) is 1. The van der Waals surface area contributed by atoms with Crippen molar-refractivity contribution in [3.05, 3.63) is 28.4 Å². The molecule has 1 N–H and O–H groups in total. The first-order valence-electron chi connectivity index (χ1n) is 6.73. The van der Waals surface area contributed by atoms with E-state index in [0.29, 0.717) is 0 Å². The lowest BCUT2D eigenvalue weighted by Crippen LogP contribution is -2.08. The SMILES string of the molecule is CCc1nn(C)c2c1[nH]c(=S)n2CCc1ccnn1C. The molecule has 0 fully saturated rings. The Kier molecular flexibility index (Phi) is 3.21. The second-order valence-electron chi connectivity index (χ2n) is 4.90. The van der Waals surface area contributed by atoms with Gasteiger partial charge in [-0.2, -0.15) is 10.2 Å². The molecule has 0 unspecified atom stereocenters. The highest BCUT2D eigenvalue weighted by atomic mass is 32.1. The Bertz CT molecular complexity index is 803. The minimum absolute atomic E-state index is 0.755. The summed E-state index contributed by atoms with van der Waals surface area (Å²) in [6.45, 7) is 2.92. The molecule has 0 radical (unpaired) electrons. The number of fused-ring (bicyclic) bond motifs is 1. The van der Waals surface area contributed by atoms with Crippen LogP contribution in [0, 0.1) is 4.77 Å². The second-order valence-corrected chi connectivity index (χ2v) is 5.29. The van der Waals surface area contributed by atoms with Gasteiger partial charge >= 0.3 is 0 Å². The second kappa shape index (κ2) is 4.90. The smallest absolute Gasteiger partial charge is 0.179 e. The topological polar surface area (TPSA) is 56.4 Å². The van der Waals surface area contributed by atoms with Gasteiger partial charge in [0.2, 0.25) is 0 Å². The number of aromatic amines is 1. The van der Waals surface area contributed by atoms with Crippen LogP contribution in [-0.2, 0) is 33.5 Å². The monoisotopic (exact) mass is 290 g/mol. The normalized spacial score (nSPS) is 11.6. The summed E-state index contributed by atoms with van der Waals surface area (Å²) in [4.78, 5) is 3.28. The molecule has 106 valence electrons. The first-order chi connectivity index (χ1) is 9.61. The van der Waals surface area contributed by atoms with E-state index in [1.165, 1.54) is 5.69 Å². The van der Waals surface area contributed by atoms with Crippen LogP contribution in [-0.4, -0.2) is 29.1 Å². The molecule has 0 saturated carbocycles. The molecule has 0 bridgehead atoms. The van der Waals surface area contributed by atoms with Crippen LogP contribution in [0.15, 0.2) is 12.3 Å². The molecule has 0 aromatic carbocycles. The van der Waals surface area contributed by atoms with Crippen LogP contribution in [0.5, 0.6) is 0 Å². The largest absolute Gasteiger partial charge is 0.328 e. The standard InChI is InChI=1S/C13H18N6S/c1-4-10-11-12(18(3)16-10)19(13(20)15-11)8-6-9-5-7-14-17(9)2/h5,7H,4,6,8H2,1-3H3,(H,15,20). The van der Waals surface area contributed by atoms with Gasteiger partial charge in [0, 0.05) is 39.0 Å². The van der Waals surface area contributed by atoms with E-state index < -0.39 is 0 Å². The number of aromatic nitrogens is 6. The van der Waals surface area contributed by atoms with Gasteiger partial charge in [0.25, 0.3) is 0 Å². The minimum atomic E-state index is 0.755. The van der Waals surface area contributed by atoms with Gasteiger partial charge in [-0.1, -0.05) is 6.92 Å². The molecule has 3 aromatic rings. The van der Waals surface area contributed by atoms with E-state index in [1.807, 2.05) is 35.7 Å². The first kappa shape index (κ1) is 13.1. The van der Waals surface area contributed by atoms with Crippen LogP contribution in [0.25, 0.3) is 11.2 Å². The zero-order valence-electron chi connectivity index (χ0n) is 11.9. The van der Waals surface area contributed by atoms with Crippen molar-refractivity contribution in [3.8, 4) is 0 Å². The van der Waals surface area contributed by atoms with Crippen molar-refractivity contribution in [3.63, 3.8) is 0 Å². The predicted molar refractivity (Wildman–Crippen MR) is 80.2 cm³/mol. The molecule has 3 rings (SSSR count). The summed E-state index contributed by atoms with van der Waals surface area (Å²) in [6.07, 6.45) is 3.61. The fraction of sp³-hybridized carbons (Fsp3) is 0.462. The summed E-state index contributed by atoms with van der Waals surface area (Å²) in [5.74, 6) is 0. The summed E-state index contributed by atoms with van der Waals surface area (Å²) in [5, 5.41) is 8.73. The minimum Gasteiger partial charge on any atom is -0.328 e. The lowest BCUT2D eigenvalue weighted by Gasteiger charge is -2.05. The van der Waals surface area contributed by atoms with Crippen molar-refractivity contribution >= 4 is 23.4 Å². The van der Waals surface area contributed by atoms with Crippen LogP contribution in [0.2, 0.25) is 0 Å². The summed E-state index contributed by atoms with van der Waals surface area (Å²) < 4.78 is 6.67. The van der Waals surface area contributed by atoms with Crippen LogP contribution in [0.3, 0.4) is 0 Å². The third-order valence-corrected chi connectivity index (χ3v) is 3.99. The maximum atomic E-state index is 5.45. The number of imidazole rings is 1. The Morgan fingerprint density at radius 3 is 2.75 bits per heavy atom. The third-order valence-electron chi connectivity index (χ3n) is 3.67. The molecule has 6 nitrogen and oxygen atoms in total. The molecule has 0 amide bonds. The molecule has 0 saturated heterocycles. The molecule has 3 heterocycles. The number of nitrogens with zero attached hydrogens (tertiary/aromatic N) is 5. The molecule has 0 spiro atoms. The van der Waals surface area contributed by atoms with Crippen molar-refractivity contribution in [2.45, 2.75) is 26.3 Å². The Morgan fingerprint density at radius 1 is 1.30 bits per heavy atom. The van der Waals surface area contributed by atoms with Crippen molar-refractivity contribution in [1.82, 2.24) is 29.1 Å². The molecule has 0 atom stereocenters.